The standard InChI is InChI=1S/C12H18N4O2S2/c1-3-9-5-4-8(2)16(9)20(17,18)11-10(13)14-12-15(11)6-7-19-12/h6-9H,3-5,13H2,1-2H3. The third-order valence-electron chi connectivity index (χ3n) is 3.95. The molecule has 1 aliphatic rings. The zero-order valence-electron chi connectivity index (χ0n) is 11.5. The average molecular weight is 314 g/mol. The number of anilines is 1. The molecular weight excluding hydrogens is 296 g/mol. The Labute approximate surface area is 122 Å². The molecule has 1 fully saturated rings. The van der Waals surface area contributed by atoms with Crippen LogP contribution in [-0.4, -0.2) is 34.2 Å². The summed E-state index contributed by atoms with van der Waals surface area (Å²) >= 11 is 1.38. The summed E-state index contributed by atoms with van der Waals surface area (Å²) in [5.41, 5.74) is 5.85. The van der Waals surface area contributed by atoms with Gasteiger partial charge in [-0.3, -0.25) is 4.40 Å². The molecule has 2 aromatic rings. The molecule has 3 heterocycles. The molecule has 2 unspecified atom stereocenters. The van der Waals surface area contributed by atoms with E-state index in [0.29, 0.717) is 4.96 Å². The number of nitrogen functional groups attached to an aromatic ring is 1. The molecule has 3 rings (SSSR count). The minimum absolute atomic E-state index is 0.00790. The van der Waals surface area contributed by atoms with E-state index in [4.69, 9.17) is 5.73 Å². The first-order chi connectivity index (χ1) is 9.46. The molecule has 0 bridgehead atoms. The van der Waals surface area contributed by atoms with E-state index in [-0.39, 0.29) is 22.9 Å². The van der Waals surface area contributed by atoms with Crippen LogP contribution in [0, 0.1) is 0 Å². The number of nitrogens with two attached hydrogens (primary N) is 1. The zero-order chi connectivity index (χ0) is 14.5. The largest absolute Gasteiger partial charge is 0.381 e. The number of nitrogens with zero attached hydrogens (tertiary/aromatic N) is 3. The molecule has 0 saturated carbocycles. The SMILES string of the molecule is CCC1CCC(C)N1S(=O)(=O)c1c(N)nc2sccn12. The molecule has 1 saturated heterocycles. The highest BCUT2D eigenvalue weighted by molar-refractivity contribution is 7.89. The number of rotatable bonds is 3. The van der Waals surface area contributed by atoms with Crippen LogP contribution in [0.5, 0.6) is 0 Å². The fourth-order valence-corrected chi connectivity index (χ4v) is 5.91. The lowest BCUT2D eigenvalue weighted by Gasteiger charge is -2.26. The van der Waals surface area contributed by atoms with Crippen LogP contribution >= 0.6 is 11.3 Å². The van der Waals surface area contributed by atoms with Gasteiger partial charge in [0.2, 0.25) is 0 Å². The molecule has 0 amide bonds. The van der Waals surface area contributed by atoms with Gasteiger partial charge in [0, 0.05) is 23.7 Å². The van der Waals surface area contributed by atoms with Crippen LogP contribution in [-0.2, 0) is 10.0 Å². The van der Waals surface area contributed by atoms with Crippen molar-refractivity contribution >= 4 is 32.1 Å². The molecule has 1 aliphatic heterocycles. The van der Waals surface area contributed by atoms with Crippen molar-refractivity contribution in [2.75, 3.05) is 5.73 Å². The second-order valence-corrected chi connectivity index (χ2v) is 7.81. The zero-order valence-corrected chi connectivity index (χ0v) is 13.1. The lowest BCUT2D eigenvalue weighted by Crippen LogP contribution is -2.40. The van der Waals surface area contributed by atoms with Crippen LogP contribution in [0.15, 0.2) is 16.6 Å². The van der Waals surface area contributed by atoms with Gasteiger partial charge in [0.15, 0.2) is 15.8 Å². The van der Waals surface area contributed by atoms with Crippen LogP contribution in [0.3, 0.4) is 0 Å². The summed E-state index contributed by atoms with van der Waals surface area (Å²) < 4.78 is 29.2. The number of aromatic nitrogens is 2. The molecule has 20 heavy (non-hydrogen) atoms. The van der Waals surface area contributed by atoms with E-state index < -0.39 is 10.0 Å². The fraction of sp³-hybridized carbons (Fsp3) is 0.583. The summed E-state index contributed by atoms with van der Waals surface area (Å²) in [6, 6.07) is 0.0621. The maximum Gasteiger partial charge on any atom is 0.263 e. The van der Waals surface area contributed by atoms with Gasteiger partial charge < -0.3 is 5.73 Å². The maximum atomic E-state index is 13.0. The first-order valence-corrected chi connectivity index (χ1v) is 9.03. The molecule has 0 spiro atoms. The Morgan fingerprint density at radius 1 is 1.50 bits per heavy atom. The van der Waals surface area contributed by atoms with E-state index in [1.165, 1.54) is 11.3 Å². The summed E-state index contributed by atoms with van der Waals surface area (Å²) in [5, 5.41) is 1.92. The van der Waals surface area contributed by atoms with E-state index in [0.717, 1.165) is 19.3 Å². The van der Waals surface area contributed by atoms with Gasteiger partial charge in [-0.1, -0.05) is 6.92 Å². The molecule has 0 aromatic carbocycles. The van der Waals surface area contributed by atoms with Gasteiger partial charge in [-0.05, 0) is 26.2 Å². The molecule has 2 aromatic heterocycles. The Bertz CT molecular complexity index is 734. The Kier molecular flexibility index (Phi) is 3.26. The van der Waals surface area contributed by atoms with Gasteiger partial charge in [0.1, 0.15) is 0 Å². The van der Waals surface area contributed by atoms with Crippen molar-refractivity contribution in [2.24, 2.45) is 0 Å². The Morgan fingerprint density at radius 3 is 2.95 bits per heavy atom. The van der Waals surface area contributed by atoms with Crippen molar-refractivity contribution in [1.82, 2.24) is 13.7 Å². The van der Waals surface area contributed by atoms with Crippen LogP contribution in [0.25, 0.3) is 4.96 Å². The van der Waals surface area contributed by atoms with Crippen LogP contribution < -0.4 is 5.73 Å². The van der Waals surface area contributed by atoms with Crippen molar-refractivity contribution < 1.29 is 8.42 Å². The predicted molar refractivity (Wildman–Crippen MR) is 79.3 cm³/mol. The van der Waals surface area contributed by atoms with Gasteiger partial charge in [0.05, 0.1) is 0 Å². The highest BCUT2D eigenvalue weighted by Gasteiger charge is 2.41. The van der Waals surface area contributed by atoms with Gasteiger partial charge >= 0.3 is 0 Å². The smallest absolute Gasteiger partial charge is 0.263 e. The van der Waals surface area contributed by atoms with E-state index in [1.807, 2.05) is 19.2 Å². The van der Waals surface area contributed by atoms with Crippen LogP contribution in [0.2, 0.25) is 0 Å². The van der Waals surface area contributed by atoms with Gasteiger partial charge in [-0.2, -0.15) is 4.31 Å². The highest BCUT2D eigenvalue weighted by atomic mass is 32.2. The molecule has 110 valence electrons. The number of thiazole rings is 1. The molecule has 0 radical (unpaired) electrons. The maximum absolute atomic E-state index is 13.0. The Balaban J connectivity index is 2.16. The van der Waals surface area contributed by atoms with Crippen molar-refractivity contribution in [3.05, 3.63) is 11.6 Å². The lowest BCUT2D eigenvalue weighted by atomic mass is 10.2. The van der Waals surface area contributed by atoms with Crippen molar-refractivity contribution in [1.29, 1.82) is 0 Å². The lowest BCUT2D eigenvalue weighted by molar-refractivity contribution is 0.327. The number of hydrogen-bond donors (Lipinski definition) is 1. The summed E-state index contributed by atoms with van der Waals surface area (Å²) in [5.74, 6) is 0.0887. The quantitative estimate of drug-likeness (QED) is 0.938. The van der Waals surface area contributed by atoms with Crippen LogP contribution in [0.4, 0.5) is 5.82 Å². The minimum Gasteiger partial charge on any atom is -0.381 e. The van der Waals surface area contributed by atoms with Crippen molar-refractivity contribution in [3.8, 4) is 0 Å². The summed E-state index contributed by atoms with van der Waals surface area (Å²) in [4.78, 5) is 4.75. The summed E-state index contributed by atoms with van der Waals surface area (Å²) in [7, 11) is -3.62. The third kappa shape index (κ3) is 1.86. The number of imidazole rings is 1. The summed E-state index contributed by atoms with van der Waals surface area (Å²) in [6.45, 7) is 3.97. The Morgan fingerprint density at radius 2 is 2.25 bits per heavy atom. The monoisotopic (exact) mass is 314 g/mol. The third-order valence-corrected chi connectivity index (χ3v) is 6.81. The van der Waals surface area contributed by atoms with E-state index >= 15 is 0 Å². The fourth-order valence-electron chi connectivity index (χ4n) is 3.00. The van der Waals surface area contributed by atoms with E-state index in [9.17, 15) is 8.42 Å². The Hall–Kier alpha value is -1.12. The second kappa shape index (κ2) is 4.71. The van der Waals surface area contributed by atoms with Crippen molar-refractivity contribution in [3.63, 3.8) is 0 Å². The van der Waals surface area contributed by atoms with Crippen LogP contribution in [0.1, 0.15) is 33.1 Å². The number of sulfonamides is 1. The first-order valence-electron chi connectivity index (χ1n) is 6.71. The molecule has 2 atom stereocenters. The number of hydrogen-bond acceptors (Lipinski definition) is 5. The van der Waals surface area contributed by atoms with Crippen molar-refractivity contribution in [2.45, 2.75) is 50.2 Å². The second-order valence-electron chi connectivity index (χ2n) is 5.18. The molecule has 6 nitrogen and oxygen atoms in total. The number of fused-ring (bicyclic) bond motifs is 1. The van der Waals surface area contributed by atoms with Gasteiger partial charge in [-0.25, -0.2) is 13.4 Å². The molecule has 0 aliphatic carbocycles. The topological polar surface area (TPSA) is 80.7 Å². The minimum atomic E-state index is -3.62. The average Bonchev–Trinajstić information content (AvgIpc) is 3.02. The molecular formula is C12H18N4O2S2. The summed E-state index contributed by atoms with van der Waals surface area (Å²) in [6.07, 6.45) is 4.32. The van der Waals surface area contributed by atoms with E-state index in [1.54, 1.807) is 14.9 Å². The van der Waals surface area contributed by atoms with E-state index in [2.05, 4.69) is 4.98 Å². The normalized spacial score (nSPS) is 24.7. The first kappa shape index (κ1) is 13.8. The molecule has 8 heteroatoms. The highest BCUT2D eigenvalue weighted by Crippen LogP contribution is 2.35. The van der Waals surface area contributed by atoms with Gasteiger partial charge in [0.25, 0.3) is 10.0 Å². The molecule has 2 N–H and O–H groups in total. The predicted octanol–water partition coefficient (Wildman–Crippen LogP) is 1.93. The van der Waals surface area contributed by atoms with Gasteiger partial charge in [-0.15, -0.1) is 11.3 Å².